The van der Waals surface area contributed by atoms with Gasteiger partial charge in [0, 0.05) is 6.54 Å². The summed E-state index contributed by atoms with van der Waals surface area (Å²) >= 11 is 0. The van der Waals surface area contributed by atoms with Gasteiger partial charge in [-0.25, -0.2) is 4.79 Å². The lowest BCUT2D eigenvalue weighted by atomic mass is 10.2. The van der Waals surface area contributed by atoms with E-state index in [9.17, 15) is 9.59 Å². The van der Waals surface area contributed by atoms with E-state index < -0.39 is 5.97 Å². The smallest absolute Gasteiger partial charge is 0.342 e. The van der Waals surface area contributed by atoms with Crippen molar-refractivity contribution >= 4 is 11.9 Å². The molecular weight excluding hydrogens is 318 g/mol. The average molecular weight is 341 g/mol. The minimum Gasteiger partial charge on any atom is -0.483 e. The topological polar surface area (TPSA) is 64.6 Å². The number of para-hydroxylation sites is 1. The van der Waals surface area contributed by atoms with Crippen LogP contribution in [0.4, 0.5) is 0 Å². The number of carbonyl (C=O) groups is 2. The number of rotatable bonds is 8. The Morgan fingerprint density at radius 3 is 2.40 bits per heavy atom. The highest BCUT2D eigenvalue weighted by molar-refractivity contribution is 5.92. The third kappa shape index (κ3) is 6.30. The van der Waals surface area contributed by atoms with Crippen molar-refractivity contribution in [2.75, 3.05) is 13.2 Å². The number of ether oxygens (including phenoxy) is 2. The van der Waals surface area contributed by atoms with Crippen LogP contribution in [-0.4, -0.2) is 25.0 Å². The fraction of sp³-hybridized carbons (Fsp3) is 0.300. The Kier molecular flexibility index (Phi) is 7.01. The van der Waals surface area contributed by atoms with Gasteiger partial charge in [-0.1, -0.05) is 56.3 Å². The Morgan fingerprint density at radius 1 is 1.00 bits per heavy atom. The number of hydrogen-bond donors (Lipinski definition) is 1. The largest absolute Gasteiger partial charge is 0.483 e. The second-order valence-corrected chi connectivity index (χ2v) is 6.04. The van der Waals surface area contributed by atoms with E-state index in [0.717, 1.165) is 5.56 Å². The summed E-state index contributed by atoms with van der Waals surface area (Å²) in [4.78, 5) is 24.1. The van der Waals surface area contributed by atoms with Crippen LogP contribution in [0.2, 0.25) is 0 Å². The van der Waals surface area contributed by atoms with Gasteiger partial charge >= 0.3 is 5.97 Å². The summed E-state index contributed by atoms with van der Waals surface area (Å²) in [6.07, 6.45) is 0. The Labute approximate surface area is 148 Å². The summed E-state index contributed by atoms with van der Waals surface area (Å²) in [7, 11) is 0. The standard InChI is InChI=1S/C20H23NO4/c1-15(2)12-21-19(22)14-24-18-11-7-6-10-17(18)20(23)25-13-16-8-4-3-5-9-16/h3-11,15H,12-14H2,1-2H3,(H,21,22). The highest BCUT2D eigenvalue weighted by Crippen LogP contribution is 2.19. The molecule has 0 bridgehead atoms. The summed E-state index contributed by atoms with van der Waals surface area (Å²) in [6, 6.07) is 16.2. The molecule has 0 fully saturated rings. The molecule has 5 heteroatoms. The molecule has 0 heterocycles. The fourth-order valence-electron chi connectivity index (χ4n) is 2.07. The van der Waals surface area contributed by atoms with Crippen molar-refractivity contribution in [3.05, 3.63) is 65.7 Å². The molecule has 0 aliphatic rings. The third-order valence-corrected chi connectivity index (χ3v) is 3.39. The molecule has 0 aromatic heterocycles. The molecule has 0 aliphatic carbocycles. The highest BCUT2D eigenvalue weighted by atomic mass is 16.5. The molecule has 0 saturated carbocycles. The molecule has 1 N–H and O–H groups in total. The van der Waals surface area contributed by atoms with Crippen molar-refractivity contribution in [2.24, 2.45) is 5.92 Å². The van der Waals surface area contributed by atoms with Crippen LogP contribution in [-0.2, 0) is 16.1 Å². The Morgan fingerprint density at radius 2 is 1.68 bits per heavy atom. The molecule has 2 aromatic carbocycles. The lowest BCUT2D eigenvalue weighted by molar-refractivity contribution is -0.123. The molecule has 0 radical (unpaired) electrons. The first-order chi connectivity index (χ1) is 12.1. The predicted octanol–water partition coefficient (Wildman–Crippen LogP) is 3.19. The number of benzene rings is 2. The zero-order valence-electron chi connectivity index (χ0n) is 14.5. The maximum absolute atomic E-state index is 12.3. The fourth-order valence-corrected chi connectivity index (χ4v) is 2.07. The second kappa shape index (κ2) is 9.47. The molecule has 2 rings (SSSR count). The lowest BCUT2D eigenvalue weighted by Crippen LogP contribution is -2.31. The molecular formula is C20H23NO4. The van der Waals surface area contributed by atoms with Gasteiger partial charge in [-0.2, -0.15) is 0 Å². The summed E-state index contributed by atoms with van der Waals surface area (Å²) in [5.41, 5.74) is 1.21. The van der Waals surface area contributed by atoms with E-state index in [0.29, 0.717) is 23.8 Å². The number of carbonyl (C=O) groups excluding carboxylic acids is 2. The number of hydrogen-bond acceptors (Lipinski definition) is 4. The van der Waals surface area contributed by atoms with Gasteiger partial charge in [0.25, 0.3) is 5.91 Å². The van der Waals surface area contributed by atoms with Crippen LogP contribution < -0.4 is 10.1 Å². The monoisotopic (exact) mass is 341 g/mol. The maximum Gasteiger partial charge on any atom is 0.342 e. The summed E-state index contributed by atoms with van der Waals surface area (Å²) < 4.78 is 10.8. The minimum absolute atomic E-state index is 0.143. The third-order valence-electron chi connectivity index (χ3n) is 3.39. The van der Waals surface area contributed by atoms with E-state index in [2.05, 4.69) is 5.32 Å². The van der Waals surface area contributed by atoms with Crippen molar-refractivity contribution in [2.45, 2.75) is 20.5 Å². The first-order valence-corrected chi connectivity index (χ1v) is 8.26. The van der Waals surface area contributed by atoms with E-state index in [1.54, 1.807) is 24.3 Å². The molecule has 2 aromatic rings. The molecule has 0 aliphatic heterocycles. The molecule has 1 amide bonds. The Hall–Kier alpha value is -2.82. The van der Waals surface area contributed by atoms with Gasteiger partial charge < -0.3 is 14.8 Å². The Bertz CT molecular complexity index is 698. The first-order valence-electron chi connectivity index (χ1n) is 8.26. The zero-order valence-corrected chi connectivity index (χ0v) is 14.5. The minimum atomic E-state index is -0.484. The van der Waals surface area contributed by atoms with E-state index in [4.69, 9.17) is 9.47 Å². The summed E-state index contributed by atoms with van der Waals surface area (Å²) in [5.74, 6) is -0.00680. The summed E-state index contributed by atoms with van der Waals surface area (Å²) in [5, 5.41) is 2.77. The van der Waals surface area contributed by atoms with Crippen molar-refractivity contribution in [1.29, 1.82) is 0 Å². The van der Waals surface area contributed by atoms with Crippen molar-refractivity contribution in [3.8, 4) is 5.75 Å². The van der Waals surface area contributed by atoms with Gasteiger partial charge in [0.05, 0.1) is 0 Å². The molecule has 0 atom stereocenters. The van der Waals surface area contributed by atoms with Crippen molar-refractivity contribution < 1.29 is 19.1 Å². The quantitative estimate of drug-likeness (QED) is 0.749. The number of nitrogens with one attached hydrogen (secondary N) is 1. The predicted molar refractivity (Wildman–Crippen MR) is 95.3 cm³/mol. The van der Waals surface area contributed by atoms with Crippen LogP contribution in [0.15, 0.2) is 54.6 Å². The molecule has 132 valence electrons. The van der Waals surface area contributed by atoms with Crippen molar-refractivity contribution in [1.82, 2.24) is 5.32 Å². The number of esters is 1. The second-order valence-electron chi connectivity index (χ2n) is 6.04. The number of amides is 1. The van der Waals surface area contributed by atoms with Crippen molar-refractivity contribution in [3.63, 3.8) is 0 Å². The van der Waals surface area contributed by atoms with E-state index in [1.165, 1.54) is 0 Å². The zero-order chi connectivity index (χ0) is 18.1. The van der Waals surface area contributed by atoms with Crippen LogP contribution in [0, 0.1) is 5.92 Å². The van der Waals surface area contributed by atoms with Crippen LogP contribution in [0.3, 0.4) is 0 Å². The van der Waals surface area contributed by atoms with Gasteiger partial charge in [0.1, 0.15) is 17.9 Å². The molecule has 0 saturated heterocycles. The van der Waals surface area contributed by atoms with Gasteiger partial charge in [-0.3, -0.25) is 4.79 Å². The average Bonchev–Trinajstić information content (AvgIpc) is 2.63. The molecule has 0 unspecified atom stereocenters. The first kappa shape index (κ1) is 18.5. The van der Waals surface area contributed by atoms with Crippen LogP contribution in [0.1, 0.15) is 29.8 Å². The highest BCUT2D eigenvalue weighted by Gasteiger charge is 2.15. The van der Waals surface area contributed by atoms with Gasteiger partial charge in [0.2, 0.25) is 0 Å². The summed E-state index contributed by atoms with van der Waals surface area (Å²) in [6.45, 7) is 4.65. The van der Waals surface area contributed by atoms with Gasteiger partial charge in [-0.15, -0.1) is 0 Å². The molecule has 5 nitrogen and oxygen atoms in total. The van der Waals surface area contributed by atoms with E-state index in [1.807, 2.05) is 44.2 Å². The van der Waals surface area contributed by atoms with Gasteiger partial charge in [-0.05, 0) is 23.6 Å². The van der Waals surface area contributed by atoms with Crippen LogP contribution in [0.25, 0.3) is 0 Å². The maximum atomic E-state index is 12.3. The lowest BCUT2D eigenvalue weighted by Gasteiger charge is -2.12. The van der Waals surface area contributed by atoms with E-state index in [-0.39, 0.29) is 19.1 Å². The van der Waals surface area contributed by atoms with Crippen LogP contribution in [0.5, 0.6) is 5.75 Å². The Balaban J connectivity index is 1.92. The molecule has 25 heavy (non-hydrogen) atoms. The van der Waals surface area contributed by atoms with Gasteiger partial charge in [0.15, 0.2) is 6.61 Å². The van der Waals surface area contributed by atoms with Crippen LogP contribution >= 0.6 is 0 Å². The van der Waals surface area contributed by atoms with E-state index >= 15 is 0 Å². The molecule has 0 spiro atoms. The normalized spacial score (nSPS) is 10.4. The SMILES string of the molecule is CC(C)CNC(=O)COc1ccccc1C(=O)OCc1ccccc1.